The van der Waals surface area contributed by atoms with E-state index in [4.69, 9.17) is 5.73 Å². The lowest BCUT2D eigenvalue weighted by Gasteiger charge is -2.21. The molecule has 0 bridgehead atoms. The van der Waals surface area contributed by atoms with Gasteiger partial charge in [-0.1, -0.05) is 96.3 Å². The highest BCUT2D eigenvalue weighted by Crippen LogP contribution is 2.28. The van der Waals surface area contributed by atoms with Crippen molar-refractivity contribution < 1.29 is 0 Å². The second kappa shape index (κ2) is 15.6. The first-order chi connectivity index (χ1) is 9.43. The lowest BCUT2D eigenvalue weighted by molar-refractivity contribution is 0.328. The van der Waals surface area contributed by atoms with Crippen molar-refractivity contribution in [3.8, 4) is 0 Å². The van der Waals surface area contributed by atoms with Crippen LogP contribution in [0.2, 0.25) is 0 Å². The van der Waals surface area contributed by atoms with E-state index in [1.165, 1.54) is 103 Å². The molecular formula is C18H38ClN. The van der Waals surface area contributed by atoms with Crippen molar-refractivity contribution in [1.29, 1.82) is 0 Å². The quantitative estimate of drug-likeness (QED) is 0.424. The van der Waals surface area contributed by atoms with E-state index in [0.717, 1.165) is 12.5 Å². The van der Waals surface area contributed by atoms with Crippen LogP contribution >= 0.6 is 12.4 Å². The molecule has 1 nitrogen and oxygen atoms in total. The molecule has 0 aromatic carbocycles. The Kier molecular flexibility index (Phi) is 15.8. The summed E-state index contributed by atoms with van der Waals surface area (Å²) in [7, 11) is 0. The molecule has 0 aromatic rings. The van der Waals surface area contributed by atoms with E-state index in [-0.39, 0.29) is 12.4 Å². The van der Waals surface area contributed by atoms with Crippen LogP contribution in [-0.2, 0) is 0 Å². The predicted octanol–water partition coefficient (Wildman–Crippen LogP) is 6.24. The van der Waals surface area contributed by atoms with Crippen molar-refractivity contribution in [2.24, 2.45) is 11.7 Å². The van der Waals surface area contributed by atoms with Crippen LogP contribution in [0.5, 0.6) is 0 Å². The predicted molar refractivity (Wildman–Crippen MR) is 93.7 cm³/mol. The maximum absolute atomic E-state index is 5.49. The summed E-state index contributed by atoms with van der Waals surface area (Å²) in [6.45, 7) is 0.876. The molecule has 1 saturated carbocycles. The monoisotopic (exact) mass is 303 g/mol. The van der Waals surface area contributed by atoms with Crippen LogP contribution in [0.4, 0.5) is 0 Å². The summed E-state index contributed by atoms with van der Waals surface area (Å²) in [5.74, 6) is 1.09. The van der Waals surface area contributed by atoms with Gasteiger partial charge in [0.05, 0.1) is 0 Å². The first kappa shape index (κ1) is 20.2. The summed E-state index contributed by atoms with van der Waals surface area (Å²) in [4.78, 5) is 0. The van der Waals surface area contributed by atoms with Crippen LogP contribution < -0.4 is 5.73 Å². The Balaban J connectivity index is 0.00000361. The molecule has 0 unspecified atom stereocenters. The topological polar surface area (TPSA) is 26.0 Å². The van der Waals surface area contributed by atoms with E-state index in [9.17, 15) is 0 Å². The number of hydrogen-bond donors (Lipinski definition) is 1. The number of rotatable bonds is 12. The number of halogens is 1. The summed E-state index contributed by atoms with van der Waals surface area (Å²) >= 11 is 0. The largest absolute Gasteiger partial charge is 0.330 e. The van der Waals surface area contributed by atoms with E-state index < -0.39 is 0 Å². The fraction of sp³-hybridized carbons (Fsp3) is 1.00. The van der Waals surface area contributed by atoms with Gasteiger partial charge in [-0.3, -0.25) is 0 Å². The summed E-state index contributed by atoms with van der Waals surface area (Å²) in [6, 6.07) is 0. The first-order valence-corrected chi connectivity index (χ1v) is 9.13. The maximum atomic E-state index is 5.49. The van der Waals surface area contributed by atoms with Gasteiger partial charge in [0.15, 0.2) is 0 Å². The molecule has 0 atom stereocenters. The van der Waals surface area contributed by atoms with Crippen LogP contribution in [-0.4, -0.2) is 6.54 Å². The van der Waals surface area contributed by atoms with Gasteiger partial charge in [0, 0.05) is 0 Å². The van der Waals surface area contributed by atoms with E-state index in [2.05, 4.69) is 0 Å². The summed E-state index contributed by atoms with van der Waals surface area (Å²) < 4.78 is 0. The first-order valence-electron chi connectivity index (χ1n) is 9.13. The molecule has 1 aliphatic carbocycles. The Hall–Kier alpha value is 0.250. The fourth-order valence-corrected chi connectivity index (χ4v) is 3.47. The van der Waals surface area contributed by atoms with Crippen molar-refractivity contribution in [2.45, 2.75) is 103 Å². The average Bonchev–Trinajstić information content (AvgIpc) is 2.46. The number of hydrogen-bond acceptors (Lipinski definition) is 1. The van der Waals surface area contributed by atoms with E-state index in [1.54, 1.807) is 0 Å². The smallest absolute Gasteiger partial charge is 0.00773 e. The molecule has 2 heteroatoms. The third-order valence-electron chi connectivity index (χ3n) is 4.79. The molecule has 2 N–H and O–H groups in total. The molecule has 20 heavy (non-hydrogen) atoms. The highest BCUT2D eigenvalue weighted by atomic mass is 35.5. The Morgan fingerprint density at radius 1 is 0.600 bits per heavy atom. The van der Waals surface area contributed by atoms with Crippen molar-refractivity contribution >= 4 is 12.4 Å². The van der Waals surface area contributed by atoms with E-state index in [0.29, 0.717) is 0 Å². The van der Waals surface area contributed by atoms with Gasteiger partial charge in [0.2, 0.25) is 0 Å². The normalized spacial score (nSPS) is 16.1. The molecule has 0 radical (unpaired) electrons. The fourth-order valence-electron chi connectivity index (χ4n) is 3.47. The third-order valence-corrected chi connectivity index (χ3v) is 4.79. The Morgan fingerprint density at radius 3 is 1.55 bits per heavy atom. The minimum Gasteiger partial charge on any atom is -0.330 e. The zero-order valence-electron chi connectivity index (χ0n) is 13.6. The van der Waals surface area contributed by atoms with E-state index in [1.807, 2.05) is 0 Å². The van der Waals surface area contributed by atoms with Crippen LogP contribution in [0.15, 0.2) is 0 Å². The van der Waals surface area contributed by atoms with Crippen LogP contribution in [0.25, 0.3) is 0 Å². The van der Waals surface area contributed by atoms with Gasteiger partial charge < -0.3 is 5.73 Å². The molecule has 122 valence electrons. The second-order valence-electron chi connectivity index (χ2n) is 6.62. The van der Waals surface area contributed by atoms with Gasteiger partial charge in [-0.15, -0.1) is 12.4 Å². The standard InChI is InChI=1S/C18H37N.ClH/c19-17-13-8-6-4-2-1-3-5-7-10-14-18-15-11-9-12-16-18;/h18H,1-17,19H2;1H. The summed E-state index contributed by atoms with van der Waals surface area (Å²) in [6.07, 6.45) is 23.4. The summed E-state index contributed by atoms with van der Waals surface area (Å²) in [5, 5.41) is 0. The molecule has 1 fully saturated rings. The number of unbranched alkanes of at least 4 members (excludes halogenated alkanes) is 9. The Morgan fingerprint density at radius 2 is 1.05 bits per heavy atom. The second-order valence-corrected chi connectivity index (χ2v) is 6.62. The Bertz CT molecular complexity index is 178. The molecule has 1 rings (SSSR count). The van der Waals surface area contributed by atoms with Gasteiger partial charge >= 0.3 is 0 Å². The Labute approximate surface area is 133 Å². The third kappa shape index (κ3) is 12.0. The lowest BCUT2D eigenvalue weighted by atomic mass is 9.85. The van der Waals surface area contributed by atoms with Crippen molar-refractivity contribution in [2.75, 3.05) is 6.54 Å². The van der Waals surface area contributed by atoms with Crippen LogP contribution in [0.1, 0.15) is 103 Å². The van der Waals surface area contributed by atoms with Crippen LogP contribution in [0, 0.1) is 5.92 Å². The van der Waals surface area contributed by atoms with Crippen molar-refractivity contribution in [3.05, 3.63) is 0 Å². The van der Waals surface area contributed by atoms with Gasteiger partial charge in [-0.2, -0.15) is 0 Å². The van der Waals surface area contributed by atoms with Gasteiger partial charge in [0.25, 0.3) is 0 Å². The molecule has 0 aliphatic heterocycles. The maximum Gasteiger partial charge on any atom is -0.00773 e. The zero-order chi connectivity index (χ0) is 13.6. The van der Waals surface area contributed by atoms with Crippen LogP contribution in [0.3, 0.4) is 0 Å². The SMILES string of the molecule is Cl.NCCCCCCCCCCCCC1CCCCC1. The molecule has 0 amide bonds. The van der Waals surface area contributed by atoms with Crippen molar-refractivity contribution in [3.63, 3.8) is 0 Å². The zero-order valence-corrected chi connectivity index (χ0v) is 14.4. The molecule has 0 aromatic heterocycles. The molecule has 0 spiro atoms. The van der Waals surface area contributed by atoms with Gasteiger partial charge in [0.1, 0.15) is 0 Å². The molecule has 0 saturated heterocycles. The summed E-state index contributed by atoms with van der Waals surface area (Å²) in [5.41, 5.74) is 5.49. The molecule has 1 aliphatic rings. The minimum atomic E-state index is 0. The number of nitrogens with two attached hydrogens (primary N) is 1. The highest BCUT2D eigenvalue weighted by molar-refractivity contribution is 5.85. The lowest BCUT2D eigenvalue weighted by Crippen LogP contribution is -2.05. The van der Waals surface area contributed by atoms with Gasteiger partial charge in [-0.05, 0) is 18.9 Å². The molecular weight excluding hydrogens is 266 g/mol. The van der Waals surface area contributed by atoms with Gasteiger partial charge in [-0.25, -0.2) is 0 Å². The van der Waals surface area contributed by atoms with E-state index >= 15 is 0 Å². The highest BCUT2D eigenvalue weighted by Gasteiger charge is 2.12. The molecule has 0 heterocycles. The van der Waals surface area contributed by atoms with Crippen molar-refractivity contribution in [1.82, 2.24) is 0 Å². The minimum absolute atomic E-state index is 0. The average molecular weight is 304 g/mol.